The summed E-state index contributed by atoms with van der Waals surface area (Å²) < 4.78 is 22.0. The summed E-state index contributed by atoms with van der Waals surface area (Å²) in [6.07, 6.45) is 0. The number of benzene rings is 14. The number of hydrogen-bond acceptors (Lipinski definition) is 2. The highest BCUT2D eigenvalue weighted by Gasteiger charge is 2.23. The topological polar surface area (TPSA) is 46.0 Å². The maximum absolute atomic E-state index is 6.18. The molecule has 20 rings (SSSR count). The van der Waals surface area contributed by atoms with Crippen LogP contribution in [0.5, 0.6) is 0 Å². The van der Waals surface area contributed by atoms with Crippen molar-refractivity contribution in [3.05, 3.63) is 291 Å². The molecule has 0 unspecified atom stereocenters. The molecular formula is C80H48N4O2. The molecule has 400 valence electrons. The van der Waals surface area contributed by atoms with Crippen LogP contribution in [-0.2, 0) is 0 Å². The molecule has 86 heavy (non-hydrogen) atoms. The number of fused-ring (bicyclic) bond motifs is 21. The van der Waals surface area contributed by atoms with Crippen LogP contribution in [0.1, 0.15) is 0 Å². The molecule has 20 aromatic rings. The lowest BCUT2D eigenvalue weighted by molar-refractivity contribution is 0.668. The third-order valence-corrected chi connectivity index (χ3v) is 18.1. The zero-order valence-corrected chi connectivity index (χ0v) is 46.3. The molecule has 0 aliphatic rings. The minimum absolute atomic E-state index is 0.907. The van der Waals surface area contributed by atoms with Crippen molar-refractivity contribution in [2.24, 2.45) is 0 Å². The predicted molar refractivity (Wildman–Crippen MR) is 360 cm³/mol. The zero-order valence-electron chi connectivity index (χ0n) is 46.3. The Bertz CT molecular complexity index is 6140. The quantitative estimate of drug-likeness (QED) is 0.176. The Kier molecular flexibility index (Phi) is 9.80. The van der Waals surface area contributed by atoms with Crippen molar-refractivity contribution >= 4 is 153 Å². The maximum atomic E-state index is 6.18. The molecule has 6 nitrogen and oxygen atoms in total. The number of aromatic nitrogens is 4. The van der Waals surface area contributed by atoms with Gasteiger partial charge in [0.05, 0.1) is 44.1 Å². The molecule has 0 spiro atoms. The lowest BCUT2D eigenvalue weighted by atomic mass is 10.0. The van der Waals surface area contributed by atoms with Crippen LogP contribution in [0.4, 0.5) is 0 Å². The van der Waals surface area contributed by atoms with Crippen molar-refractivity contribution in [1.82, 2.24) is 18.3 Å². The van der Waals surface area contributed by atoms with Crippen LogP contribution in [0.25, 0.3) is 175 Å². The fourth-order valence-corrected chi connectivity index (χ4v) is 14.4. The average molecular weight is 1100 g/mol. The molecule has 6 heteroatoms. The largest absolute Gasteiger partial charge is 0.456 e. The molecule has 0 fully saturated rings. The van der Waals surface area contributed by atoms with Gasteiger partial charge in [-0.05, 0) is 137 Å². The van der Waals surface area contributed by atoms with Gasteiger partial charge in [0.15, 0.2) is 0 Å². The van der Waals surface area contributed by atoms with E-state index >= 15 is 0 Å². The summed E-state index contributed by atoms with van der Waals surface area (Å²) >= 11 is 0. The molecule has 0 aliphatic carbocycles. The van der Waals surface area contributed by atoms with Gasteiger partial charge in [0.1, 0.15) is 22.3 Å². The zero-order chi connectivity index (χ0) is 56.1. The van der Waals surface area contributed by atoms with E-state index in [4.69, 9.17) is 8.83 Å². The summed E-state index contributed by atoms with van der Waals surface area (Å²) in [5, 5.41) is 19.6. The normalized spacial score (nSPS) is 12.2. The van der Waals surface area contributed by atoms with Gasteiger partial charge in [-0.2, -0.15) is 0 Å². The van der Waals surface area contributed by atoms with Gasteiger partial charge in [-0.25, -0.2) is 0 Å². The summed E-state index contributed by atoms with van der Waals surface area (Å²) in [4.78, 5) is 0. The Morgan fingerprint density at radius 1 is 0.174 bits per heavy atom. The third-order valence-electron chi connectivity index (χ3n) is 18.1. The fourth-order valence-electron chi connectivity index (χ4n) is 14.4. The van der Waals surface area contributed by atoms with Crippen LogP contribution in [0, 0.1) is 0 Å². The maximum Gasteiger partial charge on any atom is 0.135 e. The molecule has 0 radical (unpaired) electrons. The number of rotatable bonds is 4. The van der Waals surface area contributed by atoms with E-state index in [0.717, 1.165) is 66.6 Å². The highest BCUT2D eigenvalue weighted by atomic mass is 16.3. The predicted octanol–water partition coefficient (Wildman–Crippen LogP) is 21.9. The first-order chi connectivity index (χ1) is 42.6. The second-order valence-electron chi connectivity index (χ2n) is 22.8. The van der Waals surface area contributed by atoms with E-state index < -0.39 is 0 Å². The molecule has 0 N–H and O–H groups in total. The van der Waals surface area contributed by atoms with Crippen molar-refractivity contribution in [2.45, 2.75) is 0 Å². The van der Waals surface area contributed by atoms with Crippen LogP contribution >= 0.6 is 0 Å². The molecule has 0 saturated carbocycles. The fraction of sp³-hybridized carbons (Fsp3) is 0. The molecule has 14 aromatic carbocycles. The number of hydrogen-bond donors (Lipinski definition) is 0. The van der Waals surface area contributed by atoms with Gasteiger partial charge in [-0.3, -0.25) is 0 Å². The summed E-state index contributed by atoms with van der Waals surface area (Å²) in [5.74, 6) is 0. The van der Waals surface area contributed by atoms with Crippen molar-refractivity contribution in [2.75, 3.05) is 0 Å². The highest BCUT2D eigenvalue weighted by molar-refractivity contribution is 6.24. The van der Waals surface area contributed by atoms with E-state index in [1.807, 2.05) is 24.3 Å². The SMILES string of the molecule is c1ccc(-n2c3cc4c(cc3c3ccc5ccccc5c32)c2ccccc2n4-c2ccc3oc4ccccc4c3c2)cc1.c1ccc(-n2c3cc4ccccc4cc3c3cc4c5ccccc5n(-c5ccc6oc7ccccc7c6c5)c4cc32)cc1. The third kappa shape index (κ3) is 6.78. The molecule has 6 heterocycles. The lowest BCUT2D eigenvalue weighted by Gasteiger charge is -2.11. The van der Waals surface area contributed by atoms with Crippen molar-refractivity contribution in [1.29, 1.82) is 0 Å². The minimum atomic E-state index is 0.907. The van der Waals surface area contributed by atoms with Gasteiger partial charge in [0.25, 0.3) is 0 Å². The summed E-state index contributed by atoms with van der Waals surface area (Å²) in [7, 11) is 0. The molecular weight excluding hydrogens is 1050 g/mol. The lowest BCUT2D eigenvalue weighted by Crippen LogP contribution is -1.96. The number of furan rings is 2. The van der Waals surface area contributed by atoms with Crippen LogP contribution in [0.3, 0.4) is 0 Å². The summed E-state index contributed by atoms with van der Waals surface area (Å²) in [6.45, 7) is 0. The second kappa shape index (κ2) is 18.0. The number of nitrogens with zero attached hydrogens (tertiary/aromatic N) is 4. The van der Waals surface area contributed by atoms with E-state index in [1.165, 1.54) is 109 Å². The van der Waals surface area contributed by atoms with Crippen LogP contribution in [0.15, 0.2) is 300 Å². The Morgan fingerprint density at radius 3 is 1.13 bits per heavy atom. The van der Waals surface area contributed by atoms with E-state index in [-0.39, 0.29) is 0 Å². The van der Waals surface area contributed by atoms with Crippen molar-refractivity contribution < 1.29 is 8.83 Å². The molecule has 0 atom stereocenters. The molecule has 6 aromatic heterocycles. The van der Waals surface area contributed by atoms with Gasteiger partial charge in [-0.15, -0.1) is 0 Å². The highest BCUT2D eigenvalue weighted by Crippen LogP contribution is 2.45. The first-order valence-electron chi connectivity index (χ1n) is 29.4. The molecule has 0 amide bonds. The summed E-state index contributed by atoms with van der Waals surface area (Å²) in [5.41, 5.74) is 17.8. The van der Waals surface area contributed by atoms with Gasteiger partial charge < -0.3 is 27.1 Å². The number of para-hydroxylation sites is 6. The van der Waals surface area contributed by atoms with E-state index in [1.54, 1.807) is 0 Å². The van der Waals surface area contributed by atoms with Crippen molar-refractivity contribution in [3.63, 3.8) is 0 Å². The summed E-state index contributed by atoms with van der Waals surface area (Å²) in [6, 6.07) is 105. The standard InChI is InChI=1S/2C40H24N2O/c1-2-12-27(13-3-1)41-36-21-26-11-5-4-10-25(26)20-31(36)33-23-32-29-14-6-8-16-35(29)42(37(32)24-38(33)41)28-18-19-40-34(22-28)30-15-7-9-17-39(30)43-40;1-2-11-26(12-3-1)42-37-24-36-32(23-33(37)31-20-18-25-10-4-5-13-28(25)40(31)42)29-14-6-8-16-35(29)41(36)27-19-21-39-34(22-27)30-15-7-9-17-38(30)43-39/h2*1-24H. The second-order valence-corrected chi connectivity index (χ2v) is 22.8. The molecule has 0 saturated heterocycles. The van der Waals surface area contributed by atoms with E-state index in [9.17, 15) is 0 Å². The Morgan fingerprint density at radius 2 is 0.558 bits per heavy atom. The Hall–Kier alpha value is -11.6. The average Bonchev–Trinajstić information content (AvgIpc) is 1.67. The van der Waals surface area contributed by atoms with Gasteiger partial charge in [0.2, 0.25) is 0 Å². The minimum Gasteiger partial charge on any atom is -0.456 e. The first-order valence-corrected chi connectivity index (χ1v) is 29.4. The molecule has 0 aliphatic heterocycles. The van der Waals surface area contributed by atoms with Crippen molar-refractivity contribution in [3.8, 4) is 22.7 Å². The van der Waals surface area contributed by atoms with Gasteiger partial charge >= 0.3 is 0 Å². The van der Waals surface area contributed by atoms with Crippen LogP contribution in [-0.4, -0.2) is 18.3 Å². The Balaban J connectivity index is 0.000000126. The van der Waals surface area contributed by atoms with Crippen LogP contribution in [0.2, 0.25) is 0 Å². The van der Waals surface area contributed by atoms with E-state index in [2.05, 4.69) is 285 Å². The Labute approximate surface area is 491 Å². The van der Waals surface area contributed by atoms with Gasteiger partial charge in [0, 0.05) is 92.8 Å². The monoisotopic (exact) mass is 1100 g/mol. The smallest absolute Gasteiger partial charge is 0.135 e. The van der Waals surface area contributed by atoms with Gasteiger partial charge in [-0.1, -0.05) is 170 Å². The molecule has 0 bridgehead atoms. The van der Waals surface area contributed by atoms with Crippen LogP contribution < -0.4 is 0 Å². The first kappa shape index (κ1) is 46.9. The van der Waals surface area contributed by atoms with E-state index in [0.29, 0.717) is 0 Å².